The van der Waals surface area contributed by atoms with Crippen molar-refractivity contribution in [1.29, 1.82) is 0 Å². The molecule has 158 valence electrons. The van der Waals surface area contributed by atoms with Gasteiger partial charge in [-0.25, -0.2) is 0 Å². The summed E-state index contributed by atoms with van der Waals surface area (Å²) in [7, 11) is 0. The fourth-order valence-electron chi connectivity index (χ4n) is 6.66. The van der Waals surface area contributed by atoms with Crippen LogP contribution in [0.2, 0.25) is 0 Å². The molecule has 1 heteroatoms. The number of aliphatic hydroxyl groups excluding tert-OH is 1. The van der Waals surface area contributed by atoms with Gasteiger partial charge < -0.3 is 5.11 Å². The predicted octanol–water partition coefficient (Wildman–Crippen LogP) is 7.62. The van der Waals surface area contributed by atoms with E-state index < -0.39 is 0 Å². The van der Waals surface area contributed by atoms with Crippen LogP contribution in [0.15, 0.2) is 35.5 Å². The summed E-state index contributed by atoms with van der Waals surface area (Å²) in [6.45, 7) is 14.1. The lowest BCUT2D eigenvalue weighted by Gasteiger charge is -2.44. The number of rotatable bonds is 6. The Hall–Kier alpha value is -0.820. The lowest BCUT2D eigenvalue weighted by molar-refractivity contribution is 0.0929. The largest absolute Gasteiger partial charge is 0.393 e. The van der Waals surface area contributed by atoms with Crippen molar-refractivity contribution in [1.82, 2.24) is 0 Å². The highest BCUT2D eigenvalue weighted by Gasteiger charge is 2.50. The van der Waals surface area contributed by atoms with Gasteiger partial charge in [-0.1, -0.05) is 76.8 Å². The molecular weight excluding hydrogens is 340 g/mol. The lowest BCUT2D eigenvalue weighted by Crippen LogP contribution is -2.36. The maximum Gasteiger partial charge on any atom is 0.0583 e. The number of hydrogen-bond donors (Lipinski definition) is 1. The highest BCUT2D eigenvalue weighted by molar-refractivity contribution is 5.36. The van der Waals surface area contributed by atoms with Gasteiger partial charge in [0.05, 0.1) is 6.10 Å². The van der Waals surface area contributed by atoms with Crippen LogP contribution in [0.1, 0.15) is 98.3 Å². The van der Waals surface area contributed by atoms with Gasteiger partial charge >= 0.3 is 0 Å². The zero-order valence-corrected chi connectivity index (χ0v) is 19.0. The first-order valence-corrected chi connectivity index (χ1v) is 12.1. The van der Waals surface area contributed by atoms with Gasteiger partial charge in [0.25, 0.3) is 0 Å². The summed E-state index contributed by atoms with van der Waals surface area (Å²) >= 11 is 0. The van der Waals surface area contributed by atoms with E-state index in [1.54, 1.807) is 5.57 Å². The smallest absolute Gasteiger partial charge is 0.0583 e. The summed E-state index contributed by atoms with van der Waals surface area (Å²) in [6.07, 6.45) is 18.2. The number of fused-ring (bicyclic) bond motifs is 1. The SMILES string of the molecule is C=C1CCC(O)C/C1=C/C=C1\CCCC2(C)C1CCC2C(C)CCCC(C)C. The van der Waals surface area contributed by atoms with E-state index in [2.05, 4.69) is 46.4 Å². The van der Waals surface area contributed by atoms with Crippen molar-refractivity contribution in [2.24, 2.45) is 29.1 Å². The average Bonchev–Trinajstić information content (AvgIpc) is 2.99. The van der Waals surface area contributed by atoms with Crippen LogP contribution in [-0.2, 0) is 0 Å². The number of hydrogen-bond acceptors (Lipinski definition) is 1. The molecule has 1 nitrogen and oxygen atoms in total. The zero-order valence-electron chi connectivity index (χ0n) is 19.0. The van der Waals surface area contributed by atoms with E-state index in [1.165, 1.54) is 62.5 Å². The van der Waals surface area contributed by atoms with Gasteiger partial charge in [-0.05, 0) is 86.0 Å². The molecule has 3 rings (SSSR count). The van der Waals surface area contributed by atoms with E-state index in [9.17, 15) is 5.11 Å². The molecule has 3 saturated carbocycles. The van der Waals surface area contributed by atoms with Crippen molar-refractivity contribution < 1.29 is 5.11 Å². The molecule has 0 bridgehead atoms. The summed E-state index contributed by atoms with van der Waals surface area (Å²) in [5.41, 5.74) is 4.72. The molecule has 3 aliphatic rings. The topological polar surface area (TPSA) is 20.2 Å². The van der Waals surface area contributed by atoms with Crippen LogP contribution >= 0.6 is 0 Å². The third-order valence-electron chi connectivity index (χ3n) is 8.35. The van der Waals surface area contributed by atoms with Crippen molar-refractivity contribution in [3.05, 3.63) is 35.5 Å². The Morgan fingerprint density at radius 1 is 1.11 bits per heavy atom. The van der Waals surface area contributed by atoms with Crippen molar-refractivity contribution in [2.75, 3.05) is 0 Å². The second-order valence-corrected chi connectivity index (χ2v) is 10.8. The molecule has 3 aliphatic carbocycles. The first-order chi connectivity index (χ1) is 13.3. The van der Waals surface area contributed by atoms with E-state index in [0.717, 1.165) is 42.9 Å². The average molecular weight is 385 g/mol. The van der Waals surface area contributed by atoms with E-state index in [0.29, 0.717) is 5.41 Å². The van der Waals surface area contributed by atoms with Gasteiger partial charge in [0.15, 0.2) is 0 Å². The molecular formula is C27H44O. The molecule has 0 spiro atoms. The minimum Gasteiger partial charge on any atom is -0.393 e. The Balaban J connectivity index is 1.70. The predicted molar refractivity (Wildman–Crippen MR) is 121 cm³/mol. The molecule has 0 heterocycles. The van der Waals surface area contributed by atoms with Crippen molar-refractivity contribution in [3.8, 4) is 0 Å². The lowest BCUT2D eigenvalue weighted by atomic mass is 9.60. The summed E-state index contributed by atoms with van der Waals surface area (Å²) in [5.74, 6) is 3.37. The molecule has 0 aromatic carbocycles. The van der Waals surface area contributed by atoms with Crippen LogP contribution in [0, 0.1) is 29.1 Å². The van der Waals surface area contributed by atoms with E-state index >= 15 is 0 Å². The maximum atomic E-state index is 10.0. The van der Waals surface area contributed by atoms with Gasteiger partial charge in [0.1, 0.15) is 0 Å². The summed E-state index contributed by atoms with van der Waals surface area (Å²) < 4.78 is 0. The Bertz CT molecular complexity index is 610. The minimum absolute atomic E-state index is 0.172. The number of aliphatic hydroxyl groups is 1. The summed E-state index contributed by atoms with van der Waals surface area (Å²) in [4.78, 5) is 0. The first-order valence-electron chi connectivity index (χ1n) is 12.1. The third-order valence-corrected chi connectivity index (χ3v) is 8.35. The van der Waals surface area contributed by atoms with Gasteiger partial charge in [-0.2, -0.15) is 0 Å². The molecule has 0 saturated heterocycles. The standard InChI is InChI=1S/C27H44O/c1-19(2)8-6-9-21(4)25-15-16-26-22(10-7-17-27(25,26)5)12-13-23-18-24(28)14-11-20(23)3/h12-13,19,21,24-26,28H,3,6-11,14-18H2,1-2,4-5H3/b22-12+,23-13-. The molecule has 3 fully saturated rings. The monoisotopic (exact) mass is 384 g/mol. The fourth-order valence-corrected chi connectivity index (χ4v) is 6.66. The first kappa shape index (κ1) is 21.9. The molecule has 0 radical (unpaired) electrons. The Morgan fingerprint density at radius 2 is 1.89 bits per heavy atom. The Labute approximate surface area is 174 Å². The molecule has 28 heavy (non-hydrogen) atoms. The van der Waals surface area contributed by atoms with Crippen LogP contribution in [0.25, 0.3) is 0 Å². The normalized spacial score (nSPS) is 37.6. The molecule has 0 aromatic heterocycles. The molecule has 0 aliphatic heterocycles. The molecule has 0 amide bonds. The zero-order chi connectivity index (χ0) is 20.3. The van der Waals surface area contributed by atoms with Crippen molar-refractivity contribution >= 4 is 0 Å². The van der Waals surface area contributed by atoms with E-state index in [1.807, 2.05) is 0 Å². The Morgan fingerprint density at radius 3 is 2.64 bits per heavy atom. The van der Waals surface area contributed by atoms with Crippen LogP contribution in [-0.4, -0.2) is 11.2 Å². The minimum atomic E-state index is -0.172. The van der Waals surface area contributed by atoms with Crippen LogP contribution < -0.4 is 0 Å². The summed E-state index contributed by atoms with van der Waals surface area (Å²) in [5, 5.41) is 10.0. The quantitative estimate of drug-likeness (QED) is 0.499. The van der Waals surface area contributed by atoms with Crippen LogP contribution in [0.3, 0.4) is 0 Å². The third kappa shape index (κ3) is 4.84. The maximum absolute atomic E-state index is 10.0. The molecule has 5 atom stereocenters. The second kappa shape index (κ2) is 9.33. The Kier molecular flexibility index (Phi) is 7.29. The number of allylic oxidation sites excluding steroid dienone is 4. The van der Waals surface area contributed by atoms with Gasteiger partial charge in [0, 0.05) is 0 Å². The summed E-state index contributed by atoms with van der Waals surface area (Å²) in [6, 6.07) is 0. The molecule has 0 aromatic rings. The highest BCUT2D eigenvalue weighted by Crippen LogP contribution is 2.59. The van der Waals surface area contributed by atoms with Crippen LogP contribution in [0.4, 0.5) is 0 Å². The molecule has 1 N–H and O–H groups in total. The second-order valence-electron chi connectivity index (χ2n) is 10.8. The van der Waals surface area contributed by atoms with Gasteiger partial charge in [0.2, 0.25) is 0 Å². The van der Waals surface area contributed by atoms with E-state index in [4.69, 9.17) is 0 Å². The van der Waals surface area contributed by atoms with Crippen molar-refractivity contribution in [2.45, 2.75) is 104 Å². The highest BCUT2D eigenvalue weighted by atomic mass is 16.3. The van der Waals surface area contributed by atoms with Crippen molar-refractivity contribution in [3.63, 3.8) is 0 Å². The van der Waals surface area contributed by atoms with Gasteiger partial charge in [-0.15, -0.1) is 0 Å². The fraction of sp³-hybridized carbons (Fsp3) is 0.778. The molecule has 5 unspecified atom stereocenters. The van der Waals surface area contributed by atoms with E-state index in [-0.39, 0.29) is 6.10 Å². The van der Waals surface area contributed by atoms with Crippen LogP contribution in [0.5, 0.6) is 0 Å². The van der Waals surface area contributed by atoms with Gasteiger partial charge in [-0.3, -0.25) is 0 Å².